The first-order valence-electron chi connectivity index (χ1n) is 6.37. The summed E-state index contributed by atoms with van der Waals surface area (Å²) in [7, 11) is 0. The van der Waals surface area contributed by atoms with Crippen LogP contribution in [0.1, 0.15) is 17.2 Å². The maximum Gasteiger partial charge on any atom is 0.417 e. The number of nitrogens with zero attached hydrogens (tertiary/aromatic N) is 1. The number of nitrogens with one attached hydrogen (secondary N) is 1. The van der Waals surface area contributed by atoms with Gasteiger partial charge in [0.1, 0.15) is 0 Å². The van der Waals surface area contributed by atoms with Crippen LogP contribution in [0.15, 0.2) is 30.9 Å². The van der Waals surface area contributed by atoms with Crippen LogP contribution in [0.3, 0.4) is 0 Å². The van der Waals surface area contributed by atoms with Gasteiger partial charge >= 0.3 is 6.18 Å². The van der Waals surface area contributed by atoms with Gasteiger partial charge in [-0.15, -0.1) is 31.4 Å². The minimum absolute atomic E-state index is 0. The van der Waals surface area contributed by atoms with E-state index in [4.69, 9.17) is 11.6 Å². The second-order valence-electron chi connectivity index (χ2n) is 4.70. The van der Waals surface area contributed by atoms with Gasteiger partial charge in [-0.2, -0.15) is 13.2 Å². The molecule has 0 spiro atoms. The molecule has 1 aromatic rings. The zero-order valence-electron chi connectivity index (χ0n) is 11.7. The topological polar surface area (TPSA) is 15.3 Å². The summed E-state index contributed by atoms with van der Waals surface area (Å²) in [6.45, 7) is 7.16. The Kier molecular flexibility index (Phi) is 8.80. The van der Waals surface area contributed by atoms with Crippen LogP contribution < -0.4 is 5.32 Å². The Morgan fingerprint density at radius 2 is 1.82 bits per heavy atom. The van der Waals surface area contributed by atoms with Gasteiger partial charge in [-0.05, 0) is 17.7 Å². The summed E-state index contributed by atoms with van der Waals surface area (Å²) in [6, 6.07) is 3.79. The van der Waals surface area contributed by atoms with E-state index in [1.165, 1.54) is 12.1 Å². The quantitative estimate of drug-likeness (QED) is 0.789. The molecule has 0 aliphatic carbocycles. The third-order valence-corrected chi connectivity index (χ3v) is 3.72. The smallest absolute Gasteiger partial charge is 0.314 e. The van der Waals surface area contributed by atoms with E-state index in [1.54, 1.807) is 6.08 Å². The first-order valence-corrected chi connectivity index (χ1v) is 6.75. The molecule has 0 radical (unpaired) electrons. The summed E-state index contributed by atoms with van der Waals surface area (Å²) in [6.07, 6.45) is -2.68. The molecular formula is C14H18Cl3F3N2. The van der Waals surface area contributed by atoms with Gasteiger partial charge in [0, 0.05) is 26.2 Å². The zero-order valence-corrected chi connectivity index (χ0v) is 14.1. The molecule has 1 atom stereocenters. The Bertz CT molecular complexity index is 489. The van der Waals surface area contributed by atoms with Crippen LogP contribution in [0.4, 0.5) is 13.2 Å². The van der Waals surface area contributed by atoms with E-state index in [-0.39, 0.29) is 35.9 Å². The van der Waals surface area contributed by atoms with E-state index in [0.717, 1.165) is 37.8 Å². The highest BCUT2D eigenvalue weighted by Crippen LogP contribution is 2.36. The Morgan fingerprint density at radius 1 is 1.23 bits per heavy atom. The van der Waals surface area contributed by atoms with E-state index < -0.39 is 11.7 Å². The molecule has 0 saturated carbocycles. The van der Waals surface area contributed by atoms with Crippen molar-refractivity contribution in [2.45, 2.75) is 12.2 Å². The highest BCUT2D eigenvalue weighted by Gasteiger charge is 2.33. The molecule has 0 amide bonds. The van der Waals surface area contributed by atoms with E-state index in [1.807, 2.05) is 0 Å². The van der Waals surface area contributed by atoms with Crippen molar-refractivity contribution >= 4 is 36.4 Å². The van der Waals surface area contributed by atoms with Crippen LogP contribution in [0.2, 0.25) is 5.02 Å². The number of alkyl halides is 3. The van der Waals surface area contributed by atoms with Crippen LogP contribution in [0.5, 0.6) is 0 Å². The van der Waals surface area contributed by atoms with Crippen LogP contribution in [0, 0.1) is 0 Å². The van der Waals surface area contributed by atoms with E-state index in [9.17, 15) is 13.2 Å². The van der Waals surface area contributed by atoms with Crippen molar-refractivity contribution in [2.24, 2.45) is 0 Å². The van der Waals surface area contributed by atoms with Crippen LogP contribution in [-0.4, -0.2) is 31.1 Å². The van der Waals surface area contributed by atoms with Gasteiger partial charge in [0.2, 0.25) is 0 Å². The monoisotopic (exact) mass is 376 g/mol. The minimum atomic E-state index is -4.42. The van der Waals surface area contributed by atoms with Crippen molar-refractivity contribution in [3.8, 4) is 0 Å². The lowest BCUT2D eigenvalue weighted by molar-refractivity contribution is -0.137. The fraction of sp³-hybridized carbons (Fsp3) is 0.429. The first-order chi connectivity index (χ1) is 9.43. The summed E-state index contributed by atoms with van der Waals surface area (Å²) < 4.78 is 38.1. The number of rotatable bonds is 3. The van der Waals surface area contributed by atoms with E-state index in [2.05, 4.69) is 16.8 Å². The molecule has 1 saturated heterocycles. The Morgan fingerprint density at radius 3 is 2.27 bits per heavy atom. The zero-order chi connectivity index (χ0) is 14.8. The number of hydrogen-bond acceptors (Lipinski definition) is 2. The molecule has 1 aromatic carbocycles. The Hall–Kier alpha value is -0.460. The van der Waals surface area contributed by atoms with E-state index >= 15 is 0 Å². The van der Waals surface area contributed by atoms with Gasteiger partial charge in [-0.25, -0.2) is 0 Å². The summed E-state index contributed by atoms with van der Waals surface area (Å²) in [5.74, 6) is 0. The number of benzene rings is 1. The first kappa shape index (κ1) is 21.5. The average Bonchev–Trinajstić information content (AvgIpc) is 2.39. The number of hydrogen-bond donors (Lipinski definition) is 1. The van der Waals surface area contributed by atoms with Gasteiger partial charge < -0.3 is 5.32 Å². The number of piperazine rings is 1. The largest absolute Gasteiger partial charge is 0.417 e. The van der Waals surface area contributed by atoms with Gasteiger partial charge in [-0.3, -0.25) is 4.90 Å². The average molecular weight is 378 g/mol. The second-order valence-corrected chi connectivity index (χ2v) is 5.11. The summed E-state index contributed by atoms with van der Waals surface area (Å²) in [5, 5.41) is 2.97. The van der Waals surface area contributed by atoms with Crippen molar-refractivity contribution in [3.63, 3.8) is 0 Å². The third-order valence-electron chi connectivity index (χ3n) is 3.41. The van der Waals surface area contributed by atoms with Crippen LogP contribution in [0.25, 0.3) is 0 Å². The Balaban J connectivity index is 0.00000220. The second kappa shape index (κ2) is 8.99. The normalized spacial score (nSPS) is 17.1. The molecule has 2 rings (SSSR count). The lowest BCUT2D eigenvalue weighted by Gasteiger charge is -2.33. The lowest BCUT2D eigenvalue weighted by atomic mass is 10.0. The molecule has 1 aliphatic heterocycles. The van der Waals surface area contributed by atoms with Gasteiger partial charge in [0.25, 0.3) is 0 Å². The molecule has 1 N–H and O–H groups in total. The van der Waals surface area contributed by atoms with Crippen LogP contribution >= 0.6 is 36.4 Å². The molecule has 1 fully saturated rings. The summed E-state index contributed by atoms with van der Waals surface area (Å²) in [4.78, 5) is 2.17. The van der Waals surface area contributed by atoms with Gasteiger partial charge in [0.05, 0.1) is 16.6 Å². The predicted molar refractivity (Wildman–Crippen MR) is 88.3 cm³/mol. The van der Waals surface area contributed by atoms with Crippen molar-refractivity contribution in [2.75, 3.05) is 26.2 Å². The maximum atomic E-state index is 12.7. The summed E-state index contributed by atoms with van der Waals surface area (Å²) in [5.41, 5.74) is -0.0639. The van der Waals surface area contributed by atoms with Crippen LogP contribution in [-0.2, 0) is 6.18 Å². The van der Waals surface area contributed by atoms with Crippen molar-refractivity contribution in [1.29, 1.82) is 0 Å². The fourth-order valence-electron chi connectivity index (χ4n) is 2.40. The summed E-state index contributed by atoms with van der Waals surface area (Å²) >= 11 is 5.77. The molecule has 1 heterocycles. The molecule has 2 nitrogen and oxygen atoms in total. The fourth-order valence-corrected chi connectivity index (χ4v) is 2.70. The maximum absolute atomic E-state index is 12.7. The Labute approximate surface area is 145 Å². The van der Waals surface area contributed by atoms with Crippen molar-refractivity contribution < 1.29 is 13.2 Å². The highest BCUT2D eigenvalue weighted by atomic mass is 35.5. The highest BCUT2D eigenvalue weighted by molar-refractivity contribution is 6.31. The predicted octanol–water partition coefficient (Wildman–Crippen LogP) is 4.33. The van der Waals surface area contributed by atoms with Crippen molar-refractivity contribution in [3.05, 3.63) is 47.0 Å². The molecule has 0 bridgehead atoms. The number of halogens is 6. The van der Waals surface area contributed by atoms with Gasteiger partial charge in [-0.1, -0.05) is 23.7 Å². The molecule has 1 aliphatic rings. The third kappa shape index (κ3) is 5.03. The lowest BCUT2D eigenvalue weighted by Crippen LogP contribution is -2.44. The van der Waals surface area contributed by atoms with Crippen molar-refractivity contribution in [1.82, 2.24) is 10.2 Å². The van der Waals surface area contributed by atoms with Gasteiger partial charge in [0.15, 0.2) is 0 Å². The standard InChI is InChI=1S/C14H16ClF3N2.2ClH/c1-2-13(20-7-5-19-6-8-20)10-3-4-11(12(15)9-10)14(16,17)18;;/h2-4,9,13,19H,1,5-8H2;2*1H/t13-;;/m1../s1. The molecular weight excluding hydrogens is 360 g/mol. The SMILES string of the molecule is C=C[C@H](c1ccc(C(F)(F)F)c(Cl)c1)N1CCNCC1.Cl.Cl. The molecule has 0 aromatic heterocycles. The molecule has 0 unspecified atom stereocenters. The minimum Gasteiger partial charge on any atom is -0.314 e. The molecule has 126 valence electrons. The molecule has 8 heteroatoms. The van der Waals surface area contributed by atoms with E-state index in [0.29, 0.717) is 0 Å². The molecule has 22 heavy (non-hydrogen) atoms.